The Balaban J connectivity index is 3.11. The molecule has 2 aromatic rings. The molecular weight excluding hydrogens is 200 g/mol. The first-order chi connectivity index (χ1) is 7.43. The molecule has 0 saturated carbocycles. The third kappa shape index (κ3) is 1.33. The molecule has 0 bridgehead atoms. The summed E-state index contributed by atoms with van der Waals surface area (Å²) in [5.41, 5.74) is 4.02. The van der Waals surface area contributed by atoms with E-state index >= 15 is 0 Å². The zero-order valence-corrected chi connectivity index (χ0v) is 10.0. The zero-order chi connectivity index (χ0) is 12.0. The van der Waals surface area contributed by atoms with Crippen molar-refractivity contribution >= 4 is 10.8 Å². The minimum Gasteiger partial charge on any atom is -0.507 e. The van der Waals surface area contributed by atoms with Gasteiger partial charge in [-0.2, -0.15) is 0 Å². The maximum Gasteiger partial charge on any atom is 0.124 e. The molecule has 16 heavy (non-hydrogen) atoms. The average Bonchev–Trinajstić information content (AvgIpc) is 2.20. The maximum absolute atomic E-state index is 10.00. The molecule has 2 N–H and O–H groups in total. The summed E-state index contributed by atoms with van der Waals surface area (Å²) < 4.78 is 0. The molecule has 0 aliphatic heterocycles. The Bertz CT molecular complexity index is 530. The van der Waals surface area contributed by atoms with E-state index in [-0.39, 0.29) is 11.5 Å². The molecule has 84 valence electrons. The summed E-state index contributed by atoms with van der Waals surface area (Å²) in [7, 11) is 0. The number of aryl methyl sites for hydroxylation is 4. The Morgan fingerprint density at radius 2 is 1.00 bits per heavy atom. The van der Waals surface area contributed by atoms with Gasteiger partial charge in [-0.25, -0.2) is 0 Å². The van der Waals surface area contributed by atoms with E-state index in [1.54, 1.807) is 12.1 Å². The van der Waals surface area contributed by atoms with Crippen molar-refractivity contribution < 1.29 is 10.2 Å². The van der Waals surface area contributed by atoms with Gasteiger partial charge in [0.2, 0.25) is 0 Å². The van der Waals surface area contributed by atoms with Gasteiger partial charge in [-0.15, -0.1) is 0 Å². The van der Waals surface area contributed by atoms with Crippen molar-refractivity contribution in [3.05, 3.63) is 34.4 Å². The summed E-state index contributed by atoms with van der Waals surface area (Å²) in [6.45, 7) is 7.80. The van der Waals surface area contributed by atoms with E-state index in [0.29, 0.717) is 0 Å². The van der Waals surface area contributed by atoms with Gasteiger partial charge >= 0.3 is 0 Å². The summed E-state index contributed by atoms with van der Waals surface area (Å²) in [6.07, 6.45) is 0. The van der Waals surface area contributed by atoms with Crippen molar-refractivity contribution in [1.29, 1.82) is 0 Å². The molecule has 2 rings (SSSR count). The van der Waals surface area contributed by atoms with Gasteiger partial charge in [0.25, 0.3) is 0 Å². The molecular formula is C14H16O2. The first-order valence-electron chi connectivity index (χ1n) is 5.35. The molecule has 0 aliphatic rings. The fourth-order valence-electron chi connectivity index (χ4n) is 2.18. The van der Waals surface area contributed by atoms with Gasteiger partial charge in [0, 0.05) is 10.8 Å². The normalized spacial score (nSPS) is 11.0. The molecule has 0 aromatic heterocycles. The first-order valence-corrected chi connectivity index (χ1v) is 5.35. The van der Waals surface area contributed by atoms with Gasteiger partial charge in [-0.3, -0.25) is 0 Å². The van der Waals surface area contributed by atoms with Crippen LogP contribution in [0.1, 0.15) is 22.3 Å². The monoisotopic (exact) mass is 216 g/mol. The lowest BCUT2D eigenvalue weighted by Gasteiger charge is -2.14. The summed E-state index contributed by atoms with van der Waals surface area (Å²) in [4.78, 5) is 0. The van der Waals surface area contributed by atoms with Crippen LogP contribution < -0.4 is 0 Å². The molecule has 0 unspecified atom stereocenters. The highest BCUT2D eigenvalue weighted by Crippen LogP contribution is 2.39. The molecule has 0 aliphatic carbocycles. The van der Waals surface area contributed by atoms with Crippen molar-refractivity contribution in [1.82, 2.24) is 0 Å². The lowest BCUT2D eigenvalue weighted by molar-refractivity contribution is 0.474. The molecule has 2 heteroatoms. The van der Waals surface area contributed by atoms with Crippen molar-refractivity contribution in [2.24, 2.45) is 0 Å². The van der Waals surface area contributed by atoms with Gasteiger partial charge in [-0.05, 0) is 62.1 Å². The number of benzene rings is 2. The van der Waals surface area contributed by atoms with E-state index in [2.05, 4.69) is 0 Å². The second kappa shape index (κ2) is 3.41. The molecule has 2 nitrogen and oxygen atoms in total. The smallest absolute Gasteiger partial charge is 0.124 e. The van der Waals surface area contributed by atoms with E-state index < -0.39 is 0 Å². The summed E-state index contributed by atoms with van der Waals surface area (Å²) in [5.74, 6) is 0.490. The number of fused-ring (bicyclic) bond motifs is 1. The summed E-state index contributed by atoms with van der Waals surface area (Å²) >= 11 is 0. The third-order valence-electron chi connectivity index (χ3n) is 3.40. The quantitative estimate of drug-likeness (QED) is 0.707. The van der Waals surface area contributed by atoms with Crippen LogP contribution in [0.2, 0.25) is 0 Å². The maximum atomic E-state index is 10.00. The second-order valence-corrected chi connectivity index (χ2v) is 4.43. The fourth-order valence-corrected chi connectivity index (χ4v) is 2.18. The second-order valence-electron chi connectivity index (χ2n) is 4.43. The molecule has 0 radical (unpaired) electrons. The summed E-state index contributed by atoms with van der Waals surface area (Å²) in [6, 6.07) is 3.51. The lowest BCUT2D eigenvalue weighted by atomic mass is 9.93. The number of aromatic hydroxyl groups is 2. The molecule has 0 spiro atoms. The van der Waals surface area contributed by atoms with Crippen LogP contribution in [0.5, 0.6) is 11.5 Å². The van der Waals surface area contributed by atoms with Gasteiger partial charge < -0.3 is 10.2 Å². The molecule has 0 atom stereocenters. The number of rotatable bonds is 0. The van der Waals surface area contributed by atoms with Crippen LogP contribution in [0.3, 0.4) is 0 Å². The Morgan fingerprint density at radius 3 is 1.31 bits per heavy atom. The van der Waals surface area contributed by atoms with Crippen LogP contribution in [-0.2, 0) is 0 Å². The highest BCUT2D eigenvalue weighted by Gasteiger charge is 2.13. The van der Waals surface area contributed by atoms with E-state index in [1.165, 1.54) is 0 Å². The predicted molar refractivity (Wildman–Crippen MR) is 66.2 cm³/mol. The third-order valence-corrected chi connectivity index (χ3v) is 3.40. The number of hydrogen-bond acceptors (Lipinski definition) is 2. The molecule has 0 fully saturated rings. The molecule has 2 aromatic carbocycles. The zero-order valence-electron chi connectivity index (χ0n) is 10.0. The van der Waals surface area contributed by atoms with Crippen LogP contribution in [0.4, 0.5) is 0 Å². The van der Waals surface area contributed by atoms with E-state index in [4.69, 9.17) is 0 Å². The number of phenolic OH excluding ortho intramolecular Hbond substituents is 2. The number of hydrogen-bond donors (Lipinski definition) is 2. The molecule has 0 saturated heterocycles. The summed E-state index contributed by atoms with van der Waals surface area (Å²) in [5, 5.41) is 21.5. The van der Waals surface area contributed by atoms with E-state index in [9.17, 15) is 10.2 Å². The van der Waals surface area contributed by atoms with Crippen molar-refractivity contribution in [2.75, 3.05) is 0 Å². The Morgan fingerprint density at radius 1 is 0.688 bits per heavy atom. The predicted octanol–water partition coefficient (Wildman–Crippen LogP) is 3.48. The highest BCUT2D eigenvalue weighted by molar-refractivity contribution is 5.99. The topological polar surface area (TPSA) is 40.5 Å². The largest absolute Gasteiger partial charge is 0.507 e. The SMILES string of the molecule is Cc1cc(O)c2c(C)c(C)cc(O)c2c1C. The lowest BCUT2D eigenvalue weighted by Crippen LogP contribution is -1.91. The Kier molecular flexibility index (Phi) is 2.30. The van der Waals surface area contributed by atoms with Crippen molar-refractivity contribution in [2.45, 2.75) is 27.7 Å². The van der Waals surface area contributed by atoms with Crippen LogP contribution in [0, 0.1) is 27.7 Å². The van der Waals surface area contributed by atoms with Crippen LogP contribution >= 0.6 is 0 Å². The van der Waals surface area contributed by atoms with Crippen molar-refractivity contribution in [3.63, 3.8) is 0 Å². The minimum atomic E-state index is 0.245. The Labute approximate surface area is 95.2 Å². The van der Waals surface area contributed by atoms with Gasteiger partial charge in [0.15, 0.2) is 0 Å². The van der Waals surface area contributed by atoms with Crippen molar-refractivity contribution in [3.8, 4) is 11.5 Å². The van der Waals surface area contributed by atoms with E-state index in [0.717, 1.165) is 33.0 Å². The molecule has 0 amide bonds. The van der Waals surface area contributed by atoms with Gasteiger partial charge in [0.05, 0.1) is 0 Å². The first kappa shape index (κ1) is 10.8. The fraction of sp³-hybridized carbons (Fsp3) is 0.286. The minimum absolute atomic E-state index is 0.245. The van der Waals surface area contributed by atoms with Crippen LogP contribution in [0.25, 0.3) is 10.8 Å². The van der Waals surface area contributed by atoms with E-state index in [1.807, 2.05) is 27.7 Å². The Hall–Kier alpha value is -1.70. The number of phenols is 2. The van der Waals surface area contributed by atoms with Gasteiger partial charge in [0.1, 0.15) is 11.5 Å². The highest BCUT2D eigenvalue weighted by atomic mass is 16.3. The van der Waals surface area contributed by atoms with Gasteiger partial charge in [-0.1, -0.05) is 0 Å². The van der Waals surface area contributed by atoms with Crippen LogP contribution in [0.15, 0.2) is 12.1 Å². The molecule has 0 heterocycles. The standard InChI is InChI=1S/C14H16O2/c1-7-5-11(15)14-10(4)8(2)6-12(16)13(14)9(7)3/h5-6,15-16H,1-4H3. The average molecular weight is 216 g/mol. The van der Waals surface area contributed by atoms with Crippen LogP contribution in [-0.4, -0.2) is 10.2 Å².